The Hall–Kier alpha value is -0.220. The summed E-state index contributed by atoms with van der Waals surface area (Å²) in [6.45, 7) is 4.78. The van der Waals surface area contributed by atoms with E-state index in [2.05, 4.69) is 0 Å². The summed E-state index contributed by atoms with van der Waals surface area (Å²) in [5, 5.41) is 0. The third-order valence-corrected chi connectivity index (χ3v) is 1.76. The van der Waals surface area contributed by atoms with Crippen molar-refractivity contribution in [1.29, 1.82) is 0 Å². The predicted octanol–water partition coefficient (Wildman–Crippen LogP) is 1.61. The van der Waals surface area contributed by atoms with E-state index in [-0.39, 0.29) is 12.6 Å². The van der Waals surface area contributed by atoms with Gasteiger partial charge in [-0.15, -0.1) is 0 Å². The van der Waals surface area contributed by atoms with E-state index in [1.54, 1.807) is 12.0 Å². The van der Waals surface area contributed by atoms with Crippen LogP contribution in [0, 0.1) is 0 Å². The van der Waals surface area contributed by atoms with Crippen molar-refractivity contribution in [1.82, 2.24) is 4.90 Å². The second-order valence-electron chi connectivity index (χ2n) is 2.79. The van der Waals surface area contributed by atoms with Crippen molar-refractivity contribution in [2.24, 2.45) is 0 Å². The molecule has 0 aliphatic rings. The Kier molecular flexibility index (Phi) is 6.20. The summed E-state index contributed by atoms with van der Waals surface area (Å²) in [5.74, 6) is 0. The van der Waals surface area contributed by atoms with Crippen molar-refractivity contribution >= 4 is 0 Å². The molecule has 2 nitrogen and oxygen atoms in total. The van der Waals surface area contributed by atoms with Crippen molar-refractivity contribution in [3.05, 3.63) is 0 Å². The topological polar surface area (TPSA) is 12.5 Å². The van der Waals surface area contributed by atoms with Crippen LogP contribution in [0.1, 0.15) is 13.8 Å². The highest BCUT2D eigenvalue weighted by Crippen LogP contribution is 2.00. The van der Waals surface area contributed by atoms with Gasteiger partial charge in [-0.1, -0.05) is 6.92 Å². The predicted molar refractivity (Wildman–Crippen MR) is 44.6 cm³/mol. The fourth-order valence-electron chi connectivity index (χ4n) is 0.966. The minimum atomic E-state index is -2.26. The minimum absolute atomic E-state index is 0.0173. The Bertz CT molecular complexity index is 111. The smallest absolute Gasteiger partial charge is 0.251 e. The third kappa shape index (κ3) is 5.43. The van der Waals surface area contributed by atoms with Gasteiger partial charge in [0.15, 0.2) is 0 Å². The van der Waals surface area contributed by atoms with Gasteiger partial charge < -0.3 is 4.74 Å². The highest BCUT2D eigenvalue weighted by Gasteiger charge is 2.12. The third-order valence-electron chi connectivity index (χ3n) is 1.76. The minimum Gasteiger partial charge on any atom is -0.380 e. The average Bonchev–Trinajstić information content (AvgIpc) is 2.02. The maximum atomic E-state index is 11.9. The summed E-state index contributed by atoms with van der Waals surface area (Å²) < 4.78 is 28.9. The highest BCUT2D eigenvalue weighted by molar-refractivity contribution is 4.61. The molecule has 74 valence electrons. The molecule has 0 radical (unpaired) electrons. The first-order valence-electron chi connectivity index (χ1n) is 4.13. The Morgan fingerprint density at radius 2 is 1.92 bits per heavy atom. The summed E-state index contributed by atoms with van der Waals surface area (Å²) in [4.78, 5) is 1.68. The fourth-order valence-corrected chi connectivity index (χ4v) is 0.966. The number of methoxy groups -OCH3 is 1. The fraction of sp³-hybridized carbons (Fsp3) is 1.00. The number of rotatable bonds is 6. The van der Waals surface area contributed by atoms with E-state index in [0.29, 0.717) is 13.1 Å². The van der Waals surface area contributed by atoms with Gasteiger partial charge in [0.25, 0.3) is 6.43 Å². The molecule has 0 aliphatic heterocycles. The molecule has 1 atom stereocenters. The molecule has 0 saturated carbocycles. The Labute approximate surface area is 72.5 Å². The molecule has 0 aromatic carbocycles. The van der Waals surface area contributed by atoms with Crippen LogP contribution in [-0.2, 0) is 4.74 Å². The molecule has 0 aliphatic carbocycles. The van der Waals surface area contributed by atoms with E-state index in [0.717, 1.165) is 0 Å². The molecule has 4 heteroatoms. The first-order chi connectivity index (χ1) is 5.60. The standard InChI is InChI=1S/C8H17F2NO/c1-4-11(6-8(9)10)5-7(2)12-3/h7-8H,4-6H2,1-3H3/t7-/m0/s1. The molecule has 0 bridgehead atoms. The summed E-state index contributed by atoms with van der Waals surface area (Å²) in [6.07, 6.45) is -2.24. The van der Waals surface area contributed by atoms with E-state index in [4.69, 9.17) is 4.74 Å². The molecule has 0 saturated heterocycles. The maximum absolute atomic E-state index is 11.9. The van der Waals surface area contributed by atoms with E-state index >= 15 is 0 Å². The molecule has 0 amide bonds. The Balaban J connectivity index is 3.66. The van der Waals surface area contributed by atoms with Crippen LogP contribution in [0.4, 0.5) is 8.78 Å². The first kappa shape index (κ1) is 11.8. The quantitative estimate of drug-likeness (QED) is 0.617. The van der Waals surface area contributed by atoms with Crippen molar-refractivity contribution in [2.45, 2.75) is 26.4 Å². The van der Waals surface area contributed by atoms with Crippen molar-refractivity contribution in [3.63, 3.8) is 0 Å². The second kappa shape index (κ2) is 6.31. The van der Waals surface area contributed by atoms with Crippen LogP contribution >= 0.6 is 0 Å². The summed E-state index contributed by atoms with van der Waals surface area (Å²) >= 11 is 0. The molecule has 0 aromatic heterocycles. The van der Waals surface area contributed by atoms with Crippen LogP contribution < -0.4 is 0 Å². The van der Waals surface area contributed by atoms with Gasteiger partial charge in [0.05, 0.1) is 12.6 Å². The normalized spacial score (nSPS) is 14.2. The van der Waals surface area contributed by atoms with Gasteiger partial charge in [-0.05, 0) is 13.5 Å². The van der Waals surface area contributed by atoms with Gasteiger partial charge in [-0.25, -0.2) is 8.78 Å². The summed E-state index contributed by atoms with van der Waals surface area (Å²) in [5.41, 5.74) is 0. The zero-order valence-electron chi connectivity index (χ0n) is 7.89. The van der Waals surface area contributed by atoms with Crippen LogP contribution in [0.5, 0.6) is 0 Å². The molecular weight excluding hydrogens is 164 g/mol. The van der Waals surface area contributed by atoms with E-state index in [1.807, 2.05) is 13.8 Å². The number of halogens is 2. The molecule has 0 N–H and O–H groups in total. The van der Waals surface area contributed by atoms with E-state index in [9.17, 15) is 8.78 Å². The molecule has 0 aromatic rings. The zero-order valence-corrected chi connectivity index (χ0v) is 7.89. The van der Waals surface area contributed by atoms with Crippen LogP contribution in [0.3, 0.4) is 0 Å². The van der Waals surface area contributed by atoms with Crippen LogP contribution in [-0.4, -0.2) is 44.2 Å². The van der Waals surface area contributed by atoms with Crippen LogP contribution in [0.25, 0.3) is 0 Å². The van der Waals surface area contributed by atoms with E-state index in [1.165, 1.54) is 0 Å². The number of likely N-dealkylation sites (N-methyl/N-ethyl adjacent to an activating group) is 1. The lowest BCUT2D eigenvalue weighted by molar-refractivity contribution is 0.0437. The molecule has 0 rings (SSSR count). The lowest BCUT2D eigenvalue weighted by Gasteiger charge is -2.22. The van der Waals surface area contributed by atoms with Gasteiger partial charge in [0.1, 0.15) is 0 Å². The number of ether oxygens (including phenoxy) is 1. The number of nitrogens with zero attached hydrogens (tertiary/aromatic N) is 1. The van der Waals surface area contributed by atoms with Gasteiger partial charge in [-0.3, -0.25) is 4.90 Å². The van der Waals surface area contributed by atoms with Gasteiger partial charge in [-0.2, -0.15) is 0 Å². The Morgan fingerprint density at radius 1 is 1.33 bits per heavy atom. The van der Waals surface area contributed by atoms with Gasteiger partial charge in [0.2, 0.25) is 0 Å². The van der Waals surface area contributed by atoms with Gasteiger partial charge in [0, 0.05) is 13.7 Å². The first-order valence-corrected chi connectivity index (χ1v) is 4.13. The van der Waals surface area contributed by atoms with Crippen molar-refractivity contribution in [2.75, 3.05) is 26.7 Å². The Morgan fingerprint density at radius 3 is 2.25 bits per heavy atom. The van der Waals surface area contributed by atoms with Gasteiger partial charge >= 0.3 is 0 Å². The highest BCUT2D eigenvalue weighted by atomic mass is 19.3. The van der Waals surface area contributed by atoms with E-state index < -0.39 is 6.43 Å². The molecule has 0 spiro atoms. The maximum Gasteiger partial charge on any atom is 0.251 e. The zero-order chi connectivity index (χ0) is 9.56. The van der Waals surface area contributed by atoms with Crippen molar-refractivity contribution < 1.29 is 13.5 Å². The van der Waals surface area contributed by atoms with Crippen LogP contribution in [0.15, 0.2) is 0 Å². The number of alkyl halides is 2. The summed E-state index contributed by atoms with van der Waals surface area (Å²) in [7, 11) is 1.58. The van der Waals surface area contributed by atoms with Crippen LogP contribution in [0.2, 0.25) is 0 Å². The SMILES string of the molecule is CCN(CC(F)F)C[C@H](C)OC. The second-order valence-corrected chi connectivity index (χ2v) is 2.79. The summed E-state index contributed by atoms with van der Waals surface area (Å²) in [6, 6.07) is 0. The lowest BCUT2D eigenvalue weighted by Crippen LogP contribution is -2.35. The molecule has 12 heavy (non-hydrogen) atoms. The van der Waals surface area contributed by atoms with Crippen molar-refractivity contribution in [3.8, 4) is 0 Å². The lowest BCUT2D eigenvalue weighted by atomic mass is 10.3. The monoisotopic (exact) mass is 181 g/mol. The largest absolute Gasteiger partial charge is 0.380 e. The molecule has 0 fully saturated rings. The average molecular weight is 181 g/mol. The molecule has 0 unspecified atom stereocenters. The number of hydrogen-bond acceptors (Lipinski definition) is 2. The molecular formula is C8H17F2NO. The number of hydrogen-bond donors (Lipinski definition) is 0. The molecule has 0 heterocycles.